The minimum absolute atomic E-state index is 0.0243. The third-order valence-electron chi connectivity index (χ3n) is 9.04. The first-order valence-electron chi connectivity index (χ1n) is 18.0. The van der Waals surface area contributed by atoms with Gasteiger partial charge in [0.05, 0.1) is 31.9 Å². The highest BCUT2D eigenvalue weighted by Crippen LogP contribution is 2.34. The number of benzene rings is 5. The Morgan fingerprint density at radius 3 is 2.28 bits per heavy atom. The lowest BCUT2D eigenvalue weighted by molar-refractivity contribution is -0.0359. The molecule has 9 nitrogen and oxygen atoms in total. The van der Waals surface area contributed by atoms with Gasteiger partial charge in [-0.15, -0.1) is 0 Å². The third-order valence-corrected chi connectivity index (χ3v) is 9.04. The van der Waals surface area contributed by atoms with Crippen LogP contribution in [0.4, 0.5) is 4.79 Å². The van der Waals surface area contributed by atoms with Gasteiger partial charge in [0.25, 0.3) is 0 Å². The van der Waals surface area contributed by atoms with E-state index >= 15 is 0 Å². The molecular formula is C44H47NO8. The van der Waals surface area contributed by atoms with Crippen molar-refractivity contribution >= 4 is 22.8 Å². The van der Waals surface area contributed by atoms with Gasteiger partial charge >= 0.3 is 12.1 Å². The van der Waals surface area contributed by atoms with E-state index in [2.05, 4.69) is 18.2 Å². The lowest BCUT2D eigenvalue weighted by Gasteiger charge is -2.39. The lowest BCUT2D eigenvalue weighted by atomic mass is 9.87. The van der Waals surface area contributed by atoms with E-state index in [4.69, 9.17) is 28.4 Å². The van der Waals surface area contributed by atoms with E-state index in [1.54, 1.807) is 36.3 Å². The van der Waals surface area contributed by atoms with Gasteiger partial charge in [0, 0.05) is 23.4 Å². The number of piperidine rings is 1. The first-order valence-corrected chi connectivity index (χ1v) is 18.0. The third kappa shape index (κ3) is 10.1. The molecular weight excluding hydrogens is 670 g/mol. The zero-order valence-electron chi connectivity index (χ0n) is 30.8. The van der Waals surface area contributed by atoms with Crippen LogP contribution in [0.5, 0.6) is 17.2 Å². The molecule has 5 aromatic rings. The molecule has 1 heterocycles. The maximum Gasteiger partial charge on any atom is 0.410 e. The van der Waals surface area contributed by atoms with Crippen LogP contribution in [0.3, 0.4) is 0 Å². The summed E-state index contributed by atoms with van der Waals surface area (Å²) < 4.78 is 35.6. The van der Waals surface area contributed by atoms with Crippen molar-refractivity contribution in [3.63, 3.8) is 0 Å². The predicted molar refractivity (Wildman–Crippen MR) is 204 cm³/mol. The smallest absolute Gasteiger partial charge is 0.410 e. The number of nitrogens with zero attached hydrogens (tertiary/aromatic N) is 1. The SMILES string of the molecule is COc1ccccc1COc1cc(COC2CN(C(=O)OC(C)(C)C)CCC2c2ccc(OCCOC(=O)c3ccccc3)cc2)cc2ccccc12. The van der Waals surface area contributed by atoms with Crippen LogP contribution in [-0.4, -0.2) is 62.1 Å². The zero-order valence-corrected chi connectivity index (χ0v) is 30.8. The van der Waals surface area contributed by atoms with Crippen molar-refractivity contribution in [2.45, 2.75) is 58.0 Å². The average molecular weight is 718 g/mol. The second-order valence-electron chi connectivity index (χ2n) is 14.0. The molecule has 5 aromatic carbocycles. The molecule has 0 bridgehead atoms. The van der Waals surface area contributed by atoms with Gasteiger partial charge in [0.15, 0.2) is 0 Å². The molecule has 9 heteroatoms. The fourth-order valence-corrected chi connectivity index (χ4v) is 6.44. The zero-order chi connectivity index (χ0) is 37.2. The number of carbonyl (C=O) groups excluding carboxylic acids is 2. The van der Waals surface area contributed by atoms with E-state index in [-0.39, 0.29) is 37.3 Å². The van der Waals surface area contributed by atoms with Crippen molar-refractivity contribution < 1.29 is 38.0 Å². The summed E-state index contributed by atoms with van der Waals surface area (Å²) in [4.78, 5) is 27.1. The van der Waals surface area contributed by atoms with Gasteiger partial charge < -0.3 is 33.3 Å². The van der Waals surface area contributed by atoms with Gasteiger partial charge in [-0.05, 0) is 86.2 Å². The normalized spacial score (nSPS) is 15.8. The summed E-state index contributed by atoms with van der Waals surface area (Å²) in [6, 6.07) is 36.9. The van der Waals surface area contributed by atoms with Crippen LogP contribution in [-0.2, 0) is 27.4 Å². The van der Waals surface area contributed by atoms with Crippen LogP contribution in [0.2, 0.25) is 0 Å². The summed E-state index contributed by atoms with van der Waals surface area (Å²) in [6.45, 7) is 7.58. The first-order chi connectivity index (χ1) is 25.7. The van der Waals surface area contributed by atoms with Gasteiger partial charge in [0.1, 0.15) is 42.7 Å². The van der Waals surface area contributed by atoms with Crippen molar-refractivity contribution in [2.75, 3.05) is 33.4 Å². The molecule has 2 unspecified atom stereocenters. The largest absolute Gasteiger partial charge is 0.496 e. The average Bonchev–Trinajstić information content (AvgIpc) is 3.17. The number of methoxy groups -OCH3 is 1. The van der Waals surface area contributed by atoms with Gasteiger partial charge in [-0.25, -0.2) is 9.59 Å². The van der Waals surface area contributed by atoms with Crippen LogP contribution in [0, 0.1) is 0 Å². The number of amides is 1. The molecule has 1 saturated heterocycles. The monoisotopic (exact) mass is 717 g/mol. The molecule has 1 aliphatic rings. The number of rotatable bonds is 13. The number of ether oxygens (including phenoxy) is 6. The number of fused-ring (bicyclic) bond motifs is 1. The molecule has 0 saturated carbocycles. The van der Waals surface area contributed by atoms with Gasteiger partial charge in [-0.2, -0.15) is 0 Å². The summed E-state index contributed by atoms with van der Waals surface area (Å²) in [7, 11) is 1.66. The molecule has 0 aliphatic carbocycles. The van der Waals surface area contributed by atoms with E-state index < -0.39 is 5.60 Å². The number of hydrogen-bond donors (Lipinski definition) is 0. The maximum atomic E-state index is 13.2. The molecule has 53 heavy (non-hydrogen) atoms. The van der Waals surface area contributed by atoms with Crippen molar-refractivity contribution in [3.05, 3.63) is 138 Å². The van der Waals surface area contributed by atoms with Crippen LogP contribution in [0.1, 0.15) is 60.2 Å². The highest BCUT2D eigenvalue weighted by Gasteiger charge is 2.35. The molecule has 0 aromatic heterocycles. The highest BCUT2D eigenvalue weighted by atomic mass is 16.6. The maximum absolute atomic E-state index is 13.2. The van der Waals surface area contributed by atoms with Crippen molar-refractivity contribution in [1.82, 2.24) is 4.90 Å². The molecule has 1 amide bonds. The lowest BCUT2D eigenvalue weighted by Crippen LogP contribution is -2.48. The Kier molecular flexibility index (Phi) is 12.2. The fraction of sp³-hybridized carbons (Fsp3) is 0.318. The second kappa shape index (κ2) is 17.3. The minimum atomic E-state index is -0.606. The number of likely N-dealkylation sites (tertiary alicyclic amines) is 1. The summed E-state index contributed by atoms with van der Waals surface area (Å²) in [5.41, 5.74) is 2.90. The summed E-state index contributed by atoms with van der Waals surface area (Å²) >= 11 is 0. The summed E-state index contributed by atoms with van der Waals surface area (Å²) in [5, 5.41) is 2.05. The second-order valence-corrected chi connectivity index (χ2v) is 14.0. The van der Waals surface area contributed by atoms with Crippen LogP contribution < -0.4 is 14.2 Å². The number of esters is 1. The van der Waals surface area contributed by atoms with Crippen LogP contribution >= 0.6 is 0 Å². The van der Waals surface area contributed by atoms with E-state index in [1.165, 1.54) is 0 Å². The van der Waals surface area contributed by atoms with Gasteiger partial charge in [-0.1, -0.05) is 72.8 Å². The van der Waals surface area contributed by atoms with E-state index in [0.717, 1.165) is 39.0 Å². The topological polar surface area (TPSA) is 92.8 Å². The Balaban J connectivity index is 1.15. The molecule has 0 N–H and O–H groups in total. The molecule has 0 radical (unpaired) electrons. The highest BCUT2D eigenvalue weighted by molar-refractivity contribution is 5.89. The fourth-order valence-electron chi connectivity index (χ4n) is 6.44. The summed E-state index contributed by atoms with van der Waals surface area (Å²) in [6.07, 6.45) is 0.0497. The first kappa shape index (κ1) is 37.2. The van der Waals surface area contributed by atoms with Crippen LogP contribution in [0.25, 0.3) is 10.8 Å². The molecule has 2 atom stereocenters. The molecule has 0 spiro atoms. The van der Waals surface area contributed by atoms with Crippen LogP contribution in [0.15, 0.2) is 115 Å². The van der Waals surface area contributed by atoms with Crippen molar-refractivity contribution in [2.24, 2.45) is 0 Å². The number of para-hydroxylation sites is 1. The molecule has 276 valence electrons. The van der Waals surface area contributed by atoms with Crippen molar-refractivity contribution in [1.29, 1.82) is 0 Å². The Hall–Kier alpha value is -5.54. The van der Waals surface area contributed by atoms with E-state index in [0.29, 0.717) is 44.0 Å². The molecule has 6 rings (SSSR count). The van der Waals surface area contributed by atoms with Gasteiger partial charge in [0.2, 0.25) is 0 Å². The predicted octanol–water partition coefficient (Wildman–Crippen LogP) is 8.97. The number of hydrogen-bond acceptors (Lipinski definition) is 8. The van der Waals surface area contributed by atoms with E-state index in [9.17, 15) is 9.59 Å². The Bertz CT molecular complexity index is 1970. The van der Waals surface area contributed by atoms with Crippen molar-refractivity contribution in [3.8, 4) is 17.2 Å². The Morgan fingerprint density at radius 2 is 1.51 bits per heavy atom. The Morgan fingerprint density at radius 1 is 0.774 bits per heavy atom. The molecule has 1 aliphatic heterocycles. The minimum Gasteiger partial charge on any atom is -0.496 e. The Labute approximate surface area is 311 Å². The number of carbonyl (C=O) groups is 2. The molecule has 1 fully saturated rings. The quantitative estimate of drug-likeness (QED) is 0.0881. The standard InChI is InChI=1S/C44H47NO8/c1-44(2,3)53-43(47)45-23-22-38(32-18-20-36(21-19-32)49-24-25-50-42(46)33-12-6-5-7-13-33)41(28-45)51-29-31-26-34-14-8-10-16-37(34)40(27-31)52-30-35-15-9-11-17-39(35)48-4/h5-21,26-27,38,41H,22-25,28-30H2,1-4H3. The van der Waals surface area contributed by atoms with Gasteiger partial charge in [-0.3, -0.25) is 0 Å². The van der Waals surface area contributed by atoms with E-state index in [1.807, 2.05) is 93.6 Å². The summed E-state index contributed by atoms with van der Waals surface area (Å²) in [5.74, 6) is 1.85.